The molecule has 0 aliphatic rings. The average Bonchev–Trinajstić information content (AvgIpc) is 2.74. The molecule has 0 aliphatic heterocycles. The Morgan fingerprint density at radius 3 is 0.667 bits per heavy atom. The first-order valence-corrected chi connectivity index (χ1v) is 8.89. The third kappa shape index (κ3) is 4.48. The van der Waals surface area contributed by atoms with Crippen molar-refractivity contribution in [2.75, 3.05) is 0 Å². The average molecular weight is 355 g/mol. The normalized spacial score (nSPS) is 9.93. The Morgan fingerprint density at radius 2 is 0.481 bits per heavy atom. The molecule has 1 radical (unpaired) electrons. The molecule has 0 heterocycles. The molecule has 0 unspecified atom stereocenters. The Balaban J connectivity index is 0.00000210. The minimum atomic E-state index is 0. The number of rotatable bonds is 4. The maximum absolute atomic E-state index is 2.19. The molecule has 0 aliphatic carbocycles. The molecule has 0 fully saturated rings. The maximum atomic E-state index is 2.19. The van der Waals surface area contributed by atoms with E-state index < -0.39 is 0 Å². The van der Waals surface area contributed by atoms with E-state index in [4.69, 9.17) is 0 Å². The second kappa shape index (κ2) is 9.53. The topological polar surface area (TPSA) is 0 Å². The molecule has 0 saturated heterocycles. The van der Waals surface area contributed by atoms with Gasteiger partial charge in [-0.3, -0.25) is 0 Å². The minimum Gasteiger partial charge on any atom is -0.0622 e. The molecular weight excluding hydrogens is 335 g/mol. The van der Waals surface area contributed by atoms with Gasteiger partial charge in [0.25, 0.3) is 0 Å². The van der Waals surface area contributed by atoms with Gasteiger partial charge in [-0.15, -0.1) is 0 Å². The summed E-state index contributed by atoms with van der Waals surface area (Å²) in [4.78, 5) is 0. The van der Waals surface area contributed by atoms with Crippen molar-refractivity contribution in [3.63, 3.8) is 0 Å². The molecule has 0 amide bonds. The van der Waals surface area contributed by atoms with Crippen LogP contribution in [0.25, 0.3) is 11.1 Å². The van der Waals surface area contributed by atoms with Gasteiger partial charge in [0, 0.05) is 29.6 Å². The Labute approximate surface area is 183 Å². The minimum absolute atomic E-state index is 0. The second-order valence-corrected chi connectivity index (χ2v) is 6.21. The van der Waals surface area contributed by atoms with Crippen LogP contribution in [0.5, 0.6) is 0 Å². The first-order chi connectivity index (χ1) is 12.9. The van der Waals surface area contributed by atoms with Gasteiger partial charge in [-0.05, 0) is 33.4 Å². The van der Waals surface area contributed by atoms with Crippen LogP contribution in [0.1, 0.15) is 22.3 Å². The molecule has 0 spiro atoms. The summed E-state index contributed by atoms with van der Waals surface area (Å²) >= 11 is 0. The summed E-state index contributed by atoms with van der Waals surface area (Å²) in [7, 11) is 0. The molecule has 125 valence electrons. The fourth-order valence-corrected chi connectivity index (χ4v) is 3.33. The third-order valence-corrected chi connectivity index (χ3v) is 4.50. The summed E-state index contributed by atoms with van der Waals surface area (Å²) in [5, 5.41) is 0. The molecule has 27 heavy (non-hydrogen) atoms. The van der Waals surface area contributed by atoms with E-state index >= 15 is 0 Å². The fraction of sp³-hybridized carbons (Fsp3) is 0. The SMILES string of the molecule is [Na].c1ccc(C(=C(c2ccccc2)c2ccccc2)c2ccccc2)cc1. The molecule has 0 atom stereocenters. The zero-order valence-electron chi connectivity index (χ0n) is 15.5. The smallest absolute Gasteiger partial charge is 0 e. The Kier molecular flexibility index (Phi) is 6.84. The summed E-state index contributed by atoms with van der Waals surface area (Å²) in [6.45, 7) is 0. The summed E-state index contributed by atoms with van der Waals surface area (Å²) in [6.07, 6.45) is 0. The van der Waals surface area contributed by atoms with Crippen LogP contribution in [-0.2, 0) is 0 Å². The van der Waals surface area contributed by atoms with Crippen molar-refractivity contribution in [2.24, 2.45) is 0 Å². The van der Waals surface area contributed by atoms with Gasteiger partial charge in [-0.2, -0.15) is 0 Å². The standard InChI is InChI=1S/C26H20.Na/c1-5-13-21(14-6-1)25(22-15-7-2-8-16-22)26(23-17-9-3-10-18-23)24-19-11-4-12-20-24;/h1-20H;. The second-order valence-electron chi connectivity index (χ2n) is 6.21. The summed E-state index contributed by atoms with van der Waals surface area (Å²) in [5.41, 5.74) is 7.40. The van der Waals surface area contributed by atoms with Gasteiger partial charge in [0.2, 0.25) is 0 Å². The summed E-state index contributed by atoms with van der Waals surface area (Å²) in [6, 6.07) is 42.6. The molecule has 0 saturated carbocycles. The molecule has 0 N–H and O–H groups in total. The van der Waals surface area contributed by atoms with Crippen LogP contribution in [0.3, 0.4) is 0 Å². The van der Waals surface area contributed by atoms with E-state index in [0.717, 1.165) is 0 Å². The van der Waals surface area contributed by atoms with E-state index in [1.807, 2.05) is 0 Å². The molecule has 4 aromatic carbocycles. The van der Waals surface area contributed by atoms with Crippen molar-refractivity contribution in [1.82, 2.24) is 0 Å². The van der Waals surface area contributed by atoms with Gasteiger partial charge in [-0.1, -0.05) is 121 Å². The van der Waals surface area contributed by atoms with Crippen LogP contribution < -0.4 is 0 Å². The van der Waals surface area contributed by atoms with Gasteiger partial charge in [0.05, 0.1) is 0 Å². The maximum Gasteiger partial charge on any atom is 0 e. The van der Waals surface area contributed by atoms with Gasteiger partial charge in [0.1, 0.15) is 0 Å². The first kappa shape index (κ1) is 19.4. The third-order valence-electron chi connectivity index (χ3n) is 4.50. The molecule has 0 aromatic heterocycles. The van der Waals surface area contributed by atoms with E-state index in [1.54, 1.807) is 0 Å². The Bertz CT molecular complexity index is 821. The fourth-order valence-electron chi connectivity index (χ4n) is 3.33. The van der Waals surface area contributed by atoms with Crippen LogP contribution in [0.2, 0.25) is 0 Å². The van der Waals surface area contributed by atoms with Crippen molar-refractivity contribution >= 4 is 40.7 Å². The van der Waals surface area contributed by atoms with Crippen molar-refractivity contribution < 1.29 is 0 Å². The van der Waals surface area contributed by atoms with E-state index in [1.165, 1.54) is 33.4 Å². The largest absolute Gasteiger partial charge is 0.0622 e. The van der Waals surface area contributed by atoms with Gasteiger partial charge >= 0.3 is 0 Å². The van der Waals surface area contributed by atoms with Crippen LogP contribution in [0, 0.1) is 0 Å². The Morgan fingerprint density at radius 1 is 0.296 bits per heavy atom. The van der Waals surface area contributed by atoms with Gasteiger partial charge in [0.15, 0.2) is 0 Å². The van der Waals surface area contributed by atoms with E-state index in [-0.39, 0.29) is 29.6 Å². The Hall–Kier alpha value is -2.38. The number of hydrogen-bond donors (Lipinski definition) is 0. The van der Waals surface area contributed by atoms with Crippen LogP contribution in [0.15, 0.2) is 121 Å². The van der Waals surface area contributed by atoms with Crippen molar-refractivity contribution in [1.29, 1.82) is 0 Å². The van der Waals surface area contributed by atoms with Crippen molar-refractivity contribution in [3.8, 4) is 0 Å². The van der Waals surface area contributed by atoms with Crippen LogP contribution in [-0.4, -0.2) is 29.6 Å². The zero-order valence-corrected chi connectivity index (χ0v) is 17.5. The molecule has 0 bridgehead atoms. The predicted molar refractivity (Wildman–Crippen MR) is 117 cm³/mol. The first-order valence-electron chi connectivity index (χ1n) is 8.89. The monoisotopic (exact) mass is 355 g/mol. The van der Waals surface area contributed by atoms with Crippen LogP contribution in [0.4, 0.5) is 0 Å². The zero-order chi connectivity index (χ0) is 17.6. The van der Waals surface area contributed by atoms with E-state index in [2.05, 4.69) is 121 Å². The quantitative estimate of drug-likeness (QED) is 0.297. The van der Waals surface area contributed by atoms with E-state index in [0.29, 0.717) is 0 Å². The molecule has 4 rings (SSSR count). The van der Waals surface area contributed by atoms with Gasteiger partial charge < -0.3 is 0 Å². The molecule has 0 nitrogen and oxygen atoms in total. The number of benzene rings is 4. The number of hydrogen-bond acceptors (Lipinski definition) is 0. The predicted octanol–water partition coefficient (Wildman–Crippen LogP) is 6.31. The molecule has 4 aromatic rings. The van der Waals surface area contributed by atoms with Crippen molar-refractivity contribution in [3.05, 3.63) is 144 Å². The molecular formula is C26H20Na. The van der Waals surface area contributed by atoms with E-state index in [9.17, 15) is 0 Å². The van der Waals surface area contributed by atoms with Crippen LogP contribution >= 0.6 is 0 Å². The van der Waals surface area contributed by atoms with Gasteiger partial charge in [-0.25, -0.2) is 0 Å². The summed E-state index contributed by atoms with van der Waals surface area (Å²) in [5.74, 6) is 0. The summed E-state index contributed by atoms with van der Waals surface area (Å²) < 4.78 is 0. The van der Waals surface area contributed by atoms with Crippen molar-refractivity contribution in [2.45, 2.75) is 0 Å². The molecule has 1 heteroatoms.